The molecule has 0 unspecified atom stereocenters. The summed E-state index contributed by atoms with van der Waals surface area (Å²) < 4.78 is 15.5. The monoisotopic (exact) mass is 289 g/mol. The number of aryl methyl sites for hydroxylation is 1. The van der Waals surface area contributed by atoms with E-state index >= 15 is 0 Å². The highest BCUT2D eigenvalue weighted by atomic mass is 16.5. The van der Waals surface area contributed by atoms with Crippen LogP contribution in [0.15, 0.2) is 22.9 Å². The third kappa shape index (κ3) is 3.27. The zero-order valence-electron chi connectivity index (χ0n) is 11.8. The summed E-state index contributed by atoms with van der Waals surface area (Å²) in [5.74, 6) is 0.619. The van der Waals surface area contributed by atoms with Gasteiger partial charge in [-0.3, -0.25) is 0 Å². The molecule has 0 atom stereocenters. The van der Waals surface area contributed by atoms with Gasteiger partial charge >= 0.3 is 5.97 Å². The molecule has 1 heterocycles. The Bertz CT molecular complexity index is 616. The smallest absolute Gasteiger partial charge is 0.340 e. The van der Waals surface area contributed by atoms with E-state index in [0.717, 1.165) is 24.2 Å². The van der Waals surface area contributed by atoms with Crippen LogP contribution in [0.5, 0.6) is 11.5 Å². The topological polar surface area (TPSA) is 93.5 Å². The van der Waals surface area contributed by atoms with Crippen LogP contribution in [-0.2, 0) is 16.0 Å². The quantitative estimate of drug-likeness (QED) is 0.280. The Morgan fingerprint density at radius 1 is 1.48 bits per heavy atom. The second kappa shape index (κ2) is 6.67. The van der Waals surface area contributed by atoms with Gasteiger partial charge in [-0.05, 0) is 47.7 Å². The van der Waals surface area contributed by atoms with Crippen molar-refractivity contribution in [2.24, 2.45) is 5.11 Å². The highest BCUT2D eigenvalue weighted by molar-refractivity contribution is 5.93. The molecule has 0 bridgehead atoms. The number of azide groups is 1. The van der Waals surface area contributed by atoms with E-state index in [0.29, 0.717) is 17.9 Å². The van der Waals surface area contributed by atoms with E-state index in [1.54, 1.807) is 13.2 Å². The normalized spacial score (nSPS) is 13.5. The lowest BCUT2D eigenvalue weighted by Gasteiger charge is -2.20. The minimum absolute atomic E-state index is 0.112. The number of hydrogen-bond donors (Lipinski definition) is 0. The first kappa shape index (κ1) is 14.7. The van der Waals surface area contributed by atoms with E-state index < -0.39 is 5.97 Å². The molecule has 1 aromatic rings. The van der Waals surface area contributed by atoms with Gasteiger partial charge in [-0.1, -0.05) is 5.11 Å². The van der Waals surface area contributed by atoms with E-state index in [9.17, 15) is 4.79 Å². The summed E-state index contributed by atoms with van der Waals surface area (Å²) in [5, 5.41) is 3.35. The van der Waals surface area contributed by atoms with Crippen LogP contribution in [0, 0.1) is 0 Å². The van der Waals surface area contributed by atoms with Gasteiger partial charge in [-0.15, -0.1) is 0 Å². The minimum atomic E-state index is -0.694. The molecule has 0 aliphatic carbocycles. The zero-order chi connectivity index (χ0) is 15.2. The number of carbonyl (C=O) groups excluding carboxylic acids is 1. The summed E-state index contributed by atoms with van der Waals surface area (Å²) in [6, 6.07) is 3.60. The molecule has 1 aromatic carbocycles. The van der Waals surface area contributed by atoms with Gasteiger partial charge in [0.15, 0.2) is 11.5 Å². The Morgan fingerprint density at radius 3 is 2.95 bits per heavy atom. The first-order valence-corrected chi connectivity index (χ1v) is 6.38. The molecule has 0 amide bonds. The van der Waals surface area contributed by atoms with Crippen LogP contribution < -0.4 is 9.47 Å². The first-order valence-electron chi connectivity index (χ1n) is 6.38. The standard InChI is InChI=1S/C14H15N3O4/c1-19-12-8-9(6-10-4-3-5-21-13(10)12)7-11(16-17-15)14(18)20-2/h6-8H,3-5H2,1-2H3. The molecule has 0 N–H and O–H groups in total. The second-order valence-electron chi connectivity index (χ2n) is 4.37. The van der Waals surface area contributed by atoms with E-state index in [2.05, 4.69) is 14.8 Å². The van der Waals surface area contributed by atoms with Gasteiger partial charge in [0.25, 0.3) is 0 Å². The lowest BCUT2D eigenvalue weighted by molar-refractivity contribution is -0.136. The summed E-state index contributed by atoms with van der Waals surface area (Å²) in [6.07, 6.45) is 3.24. The average molecular weight is 289 g/mol. The molecule has 7 nitrogen and oxygen atoms in total. The molecule has 0 aromatic heterocycles. The summed E-state index contributed by atoms with van der Waals surface area (Å²) in [5.41, 5.74) is 10.1. The first-order chi connectivity index (χ1) is 10.2. The third-order valence-corrected chi connectivity index (χ3v) is 3.06. The lowest BCUT2D eigenvalue weighted by atomic mass is 10.0. The van der Waals surface area contributed by atoms with Gasteiger partial charge in [0.2, 0.25) is 0 Å². The summed E-state index contributed by atoms with van der Waals surface area (Å²) in [7, 11) is 2.78. The highest BCUT2D eigenvalue weighted by Crippen LogP contribution is 2.36. The van der Waals surface area contributed by atoms with Crippen molar-refractivity contribution in [3.05, 3.63) is 39.4 Å². The van der Waals surface area contributed by atoms with Crippen molar-refractivity contribution in [2.45, 2.75) is 12.8 Å². The molecule has 0 saturated carbocycles. The number of ether oxygens (including phenoxy) is 3. The van der Waals surface area contributed by atoms with Crippen LogP contribution in [0.3, 0.4) is 0 Å². The summed E-state index contributed by atoms with van der Waals surface area (Å²) >= 11 is 0. The number of hydrogen-bond acceptors (Lipinski definition) is 5. The fourth-order valence-electron chi connectivity index (χ4n) is 2.14. The Morgan fingerprint density at radius 2 is 2.29 bits per heavy atom. The van der Waals surface area contributed by atoms with E-state index in [1.165, 1.54) is 13.2 Å². The number of esters is 1. The molecule has 1 aliphatic rings. The molecule has 1 aliphatic heterocycles. The number of carbonyl (C=O) groups is 1. The SMILES string of the molecule is COC(=O)C(=Cc1cc2c(c(OC)c1)OCCC2)N=[N+]=[N-]. The van der Waals surface area contributed by atoms with Crippen LogP contribution in [-0.4, -0.2) is 26.8 Å². The molecular formula is C14H15N3O4. The van der Waals surface area contributed by atoms with Crippen molar-refractivity contribution in [2.75, 3.05) is 20.8 Å². The third-order valence-electron chi connectivity index (χ3n) is 3.06. The molecule has 0 fully saturated rings. The predicted octanol–water partition coefficient (Wildman–Crippen LogP) is 2.84. The Balaban J connectivity index is 2.48. The second-order valence-corrected chi connectivity index (χ2v) is 4.37. The van der Waals surface area contributed by atoms with Crippen LogP contribution in [0.25, 0.3) is 16.5 Å². The molecule has 2 rings (SSSR count). The largest absolute Gasteiger partial charge is 0.493 e. The van der Waals surface area contributed by atoms with Crippen LogP contribution in [0.2, 0.25) is 0 Å². The Kier molecular flexibility index (Phi) is 4.68. The average Bonchev–Trinajstić information content (AvgIpc) is 2.52. The molecule has 0 spiro atoms. The van der Waals surface area contributed by atoms with Crippen molar-refractivity contribution in [1.82, 2.24) is 0 Å². The van der Waals surface area contributed by atoms with Gasteiger partial charge in [-0.25, -0.2) is 4.79 Å². The van der Waals surface area contributed by atoms with E-state index in [4.69, 9.17) is 15.0 Å². The molecule has 7 heteroatoms. The number of rotatable bonds is 4. The number of nitrogens with zero attached hydrogens (tertiary/aromatic N) is 3. The fraction of sp³-hybridized carbons (Fsp3) is 0.357. The van der Waals surface area contributed by atoms with Crippen molar-refractivity contribution in [3.63, 3.8) is 0 Å². The van der Waals surface area contributed by atoms with Gasteiger partial charge in [0.1, 0.15) is 5.70 Å². The number of fused-ring (bicyclic) bond motifs is 1. The summed E-state index contributed by atoms with van der Waals surface area (Å²) in [4.78, 5) is 14.2. The maximum Gasteiger partial charge on any atom is 0.340 e. The summed E-state index contributed by atoms with van der Waals surface area (Å²) in [6.45, 7) is 0.657. The number of methoxy groups -OCH3 is 2. The van der Waals surface area contributed by atoms with Gasteiger partial charge in [0.05, 0.1) is 20.8 Å². The molecule has 21 heavy (non-hydrogen) atoms. The maximum atomic E-state index is 11.5. The van der Waals surface area contributed by atoms with Crippen LogP contribution in [0.1, 0.15) is 17.5 Å². The Labute approximate surface area is 121 Å². The van der Waals surface area contributed by atoms with Crippen molar-refractivity contribution in [1.29, 1.82) is 0 Å². The van der Waals surface area contributed by atoms with Crippen LogP contribution >= 0.6 is 0 Å². The van der Waals surface area contributed by atoms with Gasteiger partial charge < -0.3 is 14.2 Å². The highest BCUT2D eigenvalue weighted by Gasteiger charge is 2.17. The van der Waals surface area contributed by atoms with Crippen molar-refractivity contribution in [3.8, 4) is 11.5 Å². The van der Waals surface area contributed by atoms with Crippen molar-refractivity contribution >= 4 is 12.0 Å². The van der Waals surface area contributed by atoms with E-state index in [1.807, 2.05) is 6.07 Å². The van der Waals surface area contributed by atoms with Gasteiger partial charge in [0, 0.05) is 4.91 Å². The van der Waals surface area contributed by atoms with E-state index in [-0.39, 0.29) is 5.70 Å². The molecule has 0 saturated heterocycles. The zero-order valence-corrected chi connectivity index (χ0v) is 11.8. The maximum absolute atomic E-state index is 11.5. The fourth-order valence-corrected chi connectivity index (χ4v) is 2.14. The molecular weight excluding hydrogens is 274 g/mol. The lowest BCUT2D eigenvalue weighted by Crippen LogP contribution is -2.10. The predicted molar refractivity (Wildman–Crippen MR) is 75.9 cm³/mol. The molecule has 0 radical (unpaired) electrons. The van der Waals surface area contributed by atoms with Crippen molar-refractivity contribution < 1.29 is 19.0 Å². The molecule has 110 valence electrons. The van der Waals surface area contributed by atoms with Crippen LogP contribution in [0.4, 0.5) is 0 Å². The minimum Gasteiger partial charge on any atom is -0.493 e. The number of benzene rings is 1. The Hall–Kier alpha value is -2.66. The van der Waals surface area contributed by atoms with Gasteiger partial charge in [-0.2, -0.15) is 0 Å².